The maximum Gasteiger partial charge on any atom is 0.273 e. The molecular formula is C20H26ClN3O3. The predicted octanol–water partition coefficient (Wildman–Crippen LogP) is 4.30. The molecule has 1 N–H and O–H groups in total. The van der Waals surface area contributed by atoms with Gasteiger partial charge < -0.3 is 14.6 Å². The number of halogens is 1. The molecular weight excluding hydrogens is 366 g/mol. The summed E-state index contributed by atoms with van der Waals surface area (Å²) in [5.74, 6) is -0.0878. The van der Waals surface area contributed by atoms with E-state index in [1.54, 1.807) is 29.2 Å². The highest BCUT2D eigenvalue weighted by Crippen LogP contribution is 2.17. The number of oxazole rings is 1. The lowest BCUT2D eigenvalue weighted by atomic mass is 10.1. The van der Waals surface area contributed by atoms with Gasteiger partial charge in [0.05, 0.1) is 6.54 Å². The zero-order valence-corrected chi connectivity index (χ0v) is 16.9. The first-order valence-corrected chi connectivity index (χ1v) is 9.55. The highest BCUT2D eigenvalue weighted by molar-refractivity contribution is 6.30. The van der Waals surface area contributed by atoms with E-state index < -0.39 is 0 Å². The van der Waals surface area contributed by atoms with Crippen molar-refractivity contribution in [3.8, 4) is 0 Å². The van der Waals surface area contributed by atoms with Crippen molar-refractivity contribution in [3.63, 3.8) is 0 Å². The van der Waals surface area contributed by atoms with Crippen molar-refractivity contribution in [2.24, 2.45) is 0 Å². The van der Waals surface area contributed by atoms with E-state index in [2.05, 4.69) is 10.3 Å². The first-order valence-electron chi connectivity index (χ1n) is 9.17. The fourth-order valence-electron chi connectivity index (χ4n) is 2.44. The summed E-state index contributed by atoms with van der Waals surface area (Å²) in [5.41, 5.74) is 0.759. The average Bonchev–Trinajstić information content (AvgIpc) is 3.14. The van der Waals surface area contributed by atoms with Crippen molar-refractivity contribution >= 4 is 23.4 Å². The average molecular weight is 392 g/mol. The standard InChI is InChI=1S/C20H26ClN3O3/c1-5-13(3)22-19(25)17-12-27-18(23-17)11-24(14(4)6-2)20(26)15-7-9-16(21)10-8-15/h7-10,12-14H,5-6,11H2,1-4H3,(H,22,25). The molecule has 7 heteroatoms. The van der Waals surface area contributed by atoms with E-state index in [0.29, 0.717) is 16.5 Å². The zero-order valence-electron chi connectivity index (χ0n) is 16.2. The normalized spacial score (nSPS) is 13.1. The number of hydrogen-bond acceptors (Lipinski definition) is 4. The van der Waals surface area contributed by atoms with E-state index >= 15 is 0 Å². The number of amides is 2. The molecule has 0 aliphatic carbocycles. The Morgan fingerprint density at radius 3 is 2.44 bits per heavy atom. The lowest BCUT2D eigenvalue weighted by molar-refractivity contribution is 0.0652. The summed E-state index contributed by atoms with van der Waals surface area (Å²) in [7, 11) is 0. The molecule has 0 spiro atoms. The van der Waals surface area contributed by atoms with Crippen molar-refractivity contribution < 1.29 is 14.0 Å². The number of carbonyl (C=O) groups is 2. The fraction of sp³-hybridized carbons (Fsp3) is 0.450. The monoisotopic (exact) mass is 391 g/mol. The lowest BCUT2D eigenvalue weighted by Crippen LogP contribution is -2.38. The summed E-state index contributed by atoms with van der Waals surface area (Å²) in [6, 6.07) is 6.80. The van der Waals surface area contributed by atoms with Gasteiger partial charge in [0.15, 0.2) is 5.69 Å². The van der Waals surface area contributed by atoms with E-state index in [9.17, 15) is 9.59 Å². The number of carbonyl (C=O) groups excluding carboxylic acids is 2. The summed E-state index contributed by atoms with van der Waals surface area (Å²) < 4.78 is 5.44. The molecule has 0 saturated heterocycles. The minimum absolute atomic E-state index is 0.0162. The van der Waals surface area contributed by atoms with Crippen LogP contribution in [0.15, 0.2) is 34.9 Å². The Morgan fingerprint density at radius 2 is 1.85 bits per heavy atom. The highest BCUT2D eigenvalue weighted by Gasteiger charge is 2.23. The van der Waals surface area contributed by atoms with Crippen LogP contribution in [0.25, 0.3) is 0 Å². The van der Waals surface area contributed by atoms with Gasteiger partial charge in [-0.05, 0) is 51.0 Å². The van der Waals surface area contributed by atoms with E-state index in [-0.39, 0.29) is 36.1 Å². The quantitative estimate of drug-likeness (QED) is 0.728. The number of aromatic nitrogens is 1. The molecule has 0 aliphatic heterocycles. The third-order valence-corrected chi connectivity index (χ3v) is 4.81. The first-order chi connectivity index (χ1) is 12.8. The molecule has 146 valence electrons. The number of nitrogens with zero attached hydrogens (tertiary/aromatic N) is 2. The summed E-state index contributed by atoms with van der Waals surface area (Å²) in [4.78, 5) is 31.0. The van der Waals surface area contributed by atoms with Crippen molar-refractivity contribution in [3.05, 3.63) is 52.7 Å². The summed E-state index contributed by atoms with van der Waals surface area (Å²) in [6.45, 7) is 8.08. The zero-order chi connectivity index (χ0) is 20.0. The van der Waals surface area contributed by atoms with Crippen molar-refractivity contribution in [2.45, 2.75) is 59.2 Å². The molecule has 1 aromatic heterocycles. The highest BCUT2D eigenvalue weighted by atomic mass is 35.5. The Kier molecular flexibility index (Phi) is 7.42. The SMILES string of the molecule is CCC(C)NC(=O)c1coc(CN(C(=O)c2ccc(Cl)cc2)C(C)CC)n1. The van der Waals surface area contributed by atoms with Crippen molar-refractivity contribution in [1.29, 1.82) is 0 Å². The maximum absolute atomic E-state index is 12.9. The second-order valence-corrected chi connectivity index (χ2v) is 7.04. The molecule has 1 heterocycles. The first kappa shape index (κ1) is 21.0. The van der Waals surface area contributed by atoms with Gasteiger partial charge in [-0.3, -0.25) is 9.59 Å². The second kappa shape index (κ2) is 9.55. The molecule has 0 radical (unpaired) electrons. The van der Waals surface area contributed by atoms with Crippen LogP contribution in [0.3, 0.4) is 0 Å². The summed E-state index contributed by atoms with van der Waals surface area (Å²) in [5, 5.41) is 3.42. The molecule has 2 rings (SSSR count). The van der Waals surface area contributed by atoms with Crippen LogP contribution >= 0.6 is 11.6 Å². The molecule has 2 amide bonds. The van der Waals surface area contributed by atoms with Gasteiger partial charge in [0.1, 0.15) is 6.26 Å². The minimum atomic E-state index is -0.279. The van der Waals surface area contributed by atoms with Crippen LogP contribution in [0.2, 0.25) is 5.02 Å². The molecule has 0 fully saturated rings. The van der Waals surface area contributed by atoms with Crippen LogP contribution in [0.5, 0.6) is 0 Å². The molecule has 0 saturated carbocycles. The van der Waals surface area contributed by atoms with Gasteiger partial charge in [0.25, 0.3) is 11.8 Å². The Hall–Kier alpha value is -2.34. The number of hydrogen-bond donors (Lipinski definition) is 1. The molecule has 2 unspecified atom stereocenters. The number of nitrogens with one attached hydrogen (secondary N) is 1. The van der Waals surface area contributed by atoms with Crippen LogP contribution in [-0.4, -0.2) is 33.8 Å². The molecule has 6 nitrogen and oxygen atoms in total. The summed E-state index contributed by atoms with van der Waals surface area (Å²) in [6.07, 6.45) is 2.93. The Balaban J connectivity index is 2.16. The van der Waals surface area contributed by atoms with Gasteiger partial charge >= 0.3 is 0 Å². The smallest absolute Gasteiger partial charge is 0.273 e. The molecule has 2 atom stereocenters. The topological polar surface area (TPSA) is 75.4 Å². The van der Waals surface area contributed by atoms with Gasteiger partial charge in [0.2, 0.25) is 5.89 Å². The van der Waals surface area contributed by atoms with Crippen LogP contribution in [0, 0.1) is 0 Å². The maximum atomic E-state index is 12.9. The van der Waals surface area contributed by atoms with Gasteiger partial charge in [-0.25, -0.2) is 4.98 Å². The lowest BCUT2D eigenvalue weighted by Gasteiger charge is -2.27. The Bertz CT molecular complexity index is 773. The third-order valence-electron chi connectivity index (χ3n) is 4.55. The van der Waals surface area contributed by atoms with Crippen molar-refractivity contribution in [1.82, 2.24) is 15.2 Å². The van der Waals surface area contributed by atoms with E-state index in [1.807, 2.05) is 27.7 Å². The minimum Gasteiger partial charge on any atom is -0.446 e. The Morgan fingerprint density at radius 1 is 1.19 bits per heavy atom. The molecule has 0 bridgehead atoms. The molecule has 0 aliphatic rings. The van der Waals surface area contributed by atoms with E-state index in [4.69, 9.17) is 16.0 Å². The van der Waals surface area contributed by atoms with Gasteiger partial charge in [-0.1, -0.05) is 25.4 Å². The van der Waals surface area contributed by atoms with Crippen molar-refractivity contribution in [2.75, 3.05) is 0 Å². The summed E-state index contributed by atoms with van der Waals surface area (Å²) >= 11 is 5.91. The van der Waals surface area contributed by atoms with Gasteiger partial charge in [0, 0.05) is 22.7 Å². The predicted molar refractivity (Wildman–Crippen MR) is 105 cm³/mol. The van der Waals surface area contributed by atoms with Crippen LogP contribution in [-0.2, 0) is 6.54 Å². The molecule has 1 aromatic carbocycles. The van der Waals surface area contributed by atoms with Crippen LogP contribution in [0.1, 0.15) is 67.3 Å². The molecule has 2 aromatic rings. The number of rotatable bonds is 8. The van der Waals surface area contributed by atoms with E-state index in [0.717, 1.165) is 12.8 Å². The van der Waals surface area contributed by atoms with Crippen LogP contribution in [0.4, 0.5) is 0 Å². The Labute approximate surface area is 164 Å². The van der Waals surface area contributed by atoms with E-state index in [1.165, 1.54) is 6.26 Å². The molecule has 27 heavy (non-hydrogen) atoms. The van der Waals surface area contributed by atoms with Crippen LogP contribution < -0.4 is 5.32 Å². The number of benzene rings is 1. The largest absolute Gasteiger partial charge is 0.446 e. The van der Waals surface area contributed by atoms with Gasteiger partial charge in [-0.2, -0.15) is 0 Å². The third kappa shape index (κ3) is 5.57. The second-order valence-electron chi connectivity index (χ2n) is 6.61. The van der Waals surface area contributed by atoms with Gasteiger partial charge in [-0.15, -0.1) is 0 Å². The fourth-order valence-corrected chi connectivity index (χ4v) is 2.57.